The summed E-state index contributed by atoms with van der Waals surface area (Å²) in [4.78, 5) is 12.3. The zero-order valence-corrected chi connectivity index (χ0v) is 16.7. The van der Waals surface area contributed by atoms with E-state index >= 15 is 0 Å². The summed E-state index contributed by atoms with van der Waals surface area (Å²) in [5.74, 6) is 0.307. The van der Waals surface area contributed by atoms with Crippen molar-refractivity contribution >= 4 is 22.0 Å². The Kier molecular flexibility index (Phi) is 6.64. The molecule has 3 aromatic rings. The maximum Gasteiger partial charge on any atom is 0.244 e. The smallest absolute Gasteiger partial charge is 0.244 e. The van der Waals surface area contributed by atoms with Crippen molar-refractivity contribution < 1.29 is 17.6 Å². The van der Waals surface area contributed by atoms with Crippen LogP contribution in [0.25, 0.3) is 6.08 Å². The third-order valence-electron chi connectivity index (χ3n) is 4.29. The molecule has 1 aromatic heterocycles. The van der Waals surface area contributed by atoms with Gasteiger partial charge in [-0.1, -0.05) is 42.5 Å². The van der Waals surface area contributed by atoms with Crippen LogP contribution >= 0.6 is 0 Å². The number of benzene rings is 2. The zero-order chi connectivity index (χ0) is 20.7. The predicted octanol–water partition coefficient (Wildman–Crippen LogP) is 3.65. The van der Waals surface area contributed by atoms with E-state index in [9.17, 15) is 13.2 Å². The Balaban J connectivity index is 1.57. The molecular formula is C22H22N2O4S. The van der Waals surface area contributed by atoms with Crippen LogP contribution in [0.15, 0.2) is 88.4 Å². The van der Waals surface area contributed by atoms with Gasteiger partial charge in [-0.15, -0.1) is 0 Å². The lowest BCUT2D eigenvalue weighted by Gasteiger charge is -2.12. The van der Waals surface area contributed by atoms with E-state index in [0.717, 1.165) is 11.1 Å². The maximum atomic E-state index is 12.3. The number of sulfonamides is 1. The van der Waals surface area contributed by atoms with Gasteiger partial charge >= 0.3 is 0 Å². The van der Waals surface area contributed by atoms with Crippen molar-refractivity contribution in [2.24, 2.45) is 0 Å². The quantitative estimate of drug-likeness (QED) is 0.555. The molecule has 7 heteroatoms. The van der Waals surface area contributed by atoms with Gasteiger partial charge in [-0.2, -0.15) is 0 Å². The van der Waals surface area contributed by atoms with Gasteiger partial charge in [0.1, 0.15) is 5.76 Å². The number of hydrogen-bond donors (Lipinski definition) is 2. The Labute approximate surface area is 170 Å². The molecule has 1 heterocycles. The average molecular weight is 410 g/mol. The second-order valence-corrected chi connectivity index (χ2v) is 8.21. The topological polar surface area (TPSA) is 88.4 Å². The van der Waals surface area contributed by atoms with E-state index in [-0.39, 0.29) is 23.4 Å². The second kappa shape index (κ2) is 9.36. The Bertz CT molecular complexity index is 1060. The molecule has 0 aliphatic heterocycles. The molecule has 0 saturated carbocycles. The summed E-state index contributed by atoms with van der Waals surface area (Å²) in [5, 5.41) is 2.89. The van der Waals surface area contributed by atoms with E-state index in [0.29, 0.717) is 5.76 Å². The third kappa shape index (κ3) is 5.91. The number of carbonyl (C=O) groups is 1. The van der Waals surface area contributed by atoms with E-state index < -0.39 is 10.0 Å². The molecule has 0 aliphatic rings. The lowest BCUT2D eigenvalue weighted by Crippen LogP contribution is -2.24. The fraction of sp³-hybridized carbons (Fsp3) is 0.136. The number of furan rings is 1. The van der Waals surface area contributed by atoms with Crippen LogP contribution in [0.3, 0.4) is 0 Å². The number of nitrogens with one attached hydrogen (secondary N) is 2. The molecular weight excluding hydrogens is 388 g/mol. The summed E-state index contributed by atoms with van der Waals surface area (Å²) in [6, 6.07) is 19.2. The van der Waals surface area contributed by atoms with Crippen molar-refractivity contribution in [2.45, 2.75) is 24.4 Å². The molecule has 6 nitrogen and oxygen atoms in total. The molecule has 0 saturated heterocycles. The van der Waals surface area contributed by atoms with E-state index in [2.05, 4.69) is 10.0 Å². The molecule has 1 amide bonds. The predicted molar refractivity (Wildman–Crippen MR) is 111 cm³/mol. The average Bonchev–Trinajstić information content (AvgIpc) is 3.25. The van der Waals surface area contributed by atoms with Crippen molar-refractivity contribution in [2.75, 3.05) is 0 Å². The highest BCUT2D eigenvalue weighted by Crippen LogP contribution is 2.14. The summed E-state index contributed by atoms with van der Waals surface area (Å²) >= 11 is 0. The van der Waals surface area contributed by atoms with Crippen molar-refractivity contribution in [1.82, 2.24) is 10.0 Å². The van der Waals surface area contributed by atoms with Gasteiger partial charge in [0.15, 0.2) is 0 Å². The van der Waals surface area contributed by atoms with Crippen LogP contribution < -0.4 is 10.0 Å². The van der Waals surface area contributed by atoms with Gasteiger partial charge in [-0.3, -0.25) is 4.79 Å². The normalized spacial score (nSPS) is 12.7. The minimum absolute atomic E-state index is 0.0801. The largest absolute Gasteiger partial charge is 0.468 e. The van der Waals surface area contributed by atoms with Crippen LogP contribution in [-0.2, 0) is 21.4 Å². The fourth-order valence-corrected chi connectivity index (χ4v) is 3.67. The van der Waals surface area contributed by atoms with Crippen LogP contribution in [0, 0.1) is 0 Å². The number of carbonyl (C=O) groups excluding carboxylic acids is 1. The minimum Gasteiger partial charge on any atom is -0.468 e. The van der Waals surface area contributed by atoms with Gasteiger partial charge in [0.2, 0.25) is 15.9 Å². The van der Waals surface area contributed by atoms with Crippen molar-refractivity contribution in [1.29, 1.82) is 0 Å². The van der Waals surface area contributed by atoms with Gasteiger partial charge in [0.25, 0.3) is 0 Å². The molecule has 29 heavy (non-hydrogen) atoms. The Hall–Kier alpha value is -3.16. The van der Waals surface area contributed by atoms with Crippen molar-refractivity contribution in [3.8, 4) is 0 Å². The molecule has 0 radical (unpaired) electrons. The van der Waals surface area contributed by atoms with Crippen LogP contribution in [0.4, 0.5) is 0 Å². The summed E-state index contributed by atoms with van der Waals surface area (Å²) in [6.07, 6.45) is 4.55. The van der Waals surface area contributed by atoms with Crippen molar-refractivity contribution in [3.63, 3.8) is 0 Å². The van der Waals surface area contributed by atoms with Crippen LogP contribution in [0.1, 0.15) is 29.9 Å². The Morgan fingerprint density at radius 3 is 2.41 bits per heavy atom. The lowest BCUT2D eigenvalue weighted by molar-refractivity contribution is -0.117. The Morgan fingerprint density at radius 2 is 1.76 bits per heavy atom. The lowest BCUT2D eigenvalue weighted by atomic mass is 10.1. The molecule has 2 aromatic carbocycles. The molecule has 0 unspecified atom stereocenters. The molecule has 0 aliphatic carbocycles. The number of amides is 1. The highest BCUT2D eigenvalue weighted by molar-refractivity contribution is 7.89. The Morgan fingerprint density at radius 1 is 1.03 bits per heavy atom. The van der Waals surface area contributed by atoms with Crippen molar-refractivity contribution in [3.05, 3.63) is 96.0 Å². The van der Waals surface area contributed by atoms with Gasteiger partial charge < -0.3 is 9.73 Å². The first kappa shape index (κ1) is 20.6. The zero-order valence-electron chi connectivity index (χ0n) is 15.9. The van der Waals surface area contributed by atoms with E-state index in [4.69, 9.17) is 4.42 Å². The highest BCUT2D eigenvalue weighted by Gasteiger charge is 2.14. The summed E-state index contributed by atoms with van der Waals surface area (Å²) in [7, 11) is -3.64. The molecule has 0 fully saturated rings. The summed E-state index contributed by atoms with van der Waals surface area (Å²) in [5.41, 5.74) is 1.74. The molecule has 0 spiro atoms. The van der Waals surface area contributed by atoms with Crippen LogP contribution in [0.5, 0.6) is 0 Å². The minimum atomic E-state index is -3.64. The van der Waals surface area contributed by atoms with Crippen LogP contribution in [0.2, 0.25) is 0 Å². The first-order valence-electron chi connectivity index (χ1n) is 9.10. The number of hydrogen-bond acceptors (Lipinski definition) is 4. The second-order valence-electron chi connectivity index (χ2n) is 6.45. The monoisotopic (exact) mass is 410 g/mol. The standard InChI is InChI=1S/C22H22N2O4S/c1-17(19-6-3-2-4-7-19)24-22(25)14-11-18-9-12-21(13-10-18)29(26,27)23-16-20-8-5-15-28-20/h2-15,17,23H,16H2,1H3,(H,24,25)/b14-11+/t17-/m1/s1. The van der Waals surface area contributed by atoms with Gasteiger partial charge in [-0.05, 0) is 48.4 Å². The van der Waals surface area contributed by atoms with Crippen LogP contribution in [-0.4, -0.2) is 14.3 Å². The SMILES string of the molecule is C[C@@H](NC(=O)/C=C/c1ccc(S(=O)(=O)NCc2ccco2)cc1)c1ccccc1. The molecule has 3 rings (SSSR count). The van der Waals surface area contributed by atoms with Gasteiger partial charge in [0, 0.05) is 6.08 Å². The fourth-order valence-electron chi connectivity index (χ4n) is 2.68. The molecule has 150 valence electrons. The van der Waals surface area contributed by atoms with Gasteiger partial charge in [-0.25, -0.2) is 13.1 Å². The summed E-state index contributed by atoms with van der Waals surface area (Å²) in [6.45, 7) is 1.99. The van der Waals surface area contributed by atoms with E-state index in [1.807, 2.05) is 37.3 Å². The first-order valence-corrected chi connectivity index (χ1v) is 10.6. The molecule has 2 N–H and O–H groups in total. The molecule has 0 bridgehead atoms. The molecule has 1 atom stereocenters. The maximum absolute atomic E-state index is 12.3. The number of rotatable bonds is 8. The summed E-state index contributed by atoms with van der Waals surface area (Å²) < 4.78 is 32.3. The highest BCUT2D eigenvalue weighted by atomic mass is 32.2. The van der Waals surface area contributed by atoms with E-state index in [1.54, 1.807) is 30.3 Å². The first-order chi connectivity index (χ1) is 13.9. The van der Waals surface area contributed by atoms with E-state index in [1.165, 1.54) is 24.5 Å². The third-order valence-corrected chi connectivity index (χ3v) is 5.71. The van der Waals surface area contributed by atoms with Gasteiger partial charge in [0.05, 0.1) is 23.7 Å².